The van der Waals surface area contributed by atoms with Crippen LogP contribution in [0.1, 0.15) is 5.56 Å². The molecule has 0 aliphatic carbocycles. The minimum Gasteiger partial charge on any atom is -0.491 e. The number of hydrogen-bond donors (Lipinski definition) is 0. The van der Waals surface area contributed by atoms with E-state index in [4.69, 9.17) is 9.47 Å². The van der Waals surface area contributed by atoms with Gasteiger partial charge in [-0.2, -0.15) is 0 Å². The zero-order valence-electron chi connectivity index (χ0n) is 12.5. The molecule has 1 aliphatic rings. The molecule has 3 rings (SSSR count). The number of halogens is 1. The molecule has 22 heavy (non-hydrogen) atoms. The molecule has 116 valence electrons. The molecule has 1 saturated heterocycles. The molecule has 0 saturated carbocycles. The van der Waals surface area contributed by atoms with E-state index in [2.05, 4.69) is 29.2 Å². The maximum Gasteiger partial charge on any atom is 0.123 e. The van der Waals surface area contributed by atoms with Crippen molar-refractivity contribution in [3.8, 4) is 5.75 Å². The maximum atomic E-state index is 12.9. The second-order valence-corrected chi connectivity index (χ2v) is 5.48. The van der Waals surface area contributed by atoms with Gasteiger partial charge in [0.2, 0.25) is 0 Å². The number of hydrogen-bond acceptors (Lipinski definition) is 3. The summed E-state index contributed by atoms with van der Waals surface area (Å²) in [4.78, 5) is 2.37. The first-order valence-corrected chi connectivity index (χ1v) is 7.56. The Balaban J connectivity index is 1.49. The number of morpholine rings is 1. The van der Waals surface area contributed by atoms with Crippen molar-refractivity contribution in [1.29, 1.82) is 0 Å². The van der Waals surface area contributed by atoms with Crippen molar-refractivity contribution in [3.63, 3.8) is 0 Å². The van der Waals surface area contributed by atoms with Crippen molar-refractivity contribution in [2.45, 2.75) is 12.6 Å². The van der Waals surface area contributed by atoms with Gasteiger partial charge in [0.15, 0.2) is 0 Å². The first kappa shape index (κ1) is 15.0. The van der Waals surface area contributed by atoms with Crippen LogP contribution in [-0.4, -0.2) is 37.3 Å². The normalized spacial score (nSPS) is 19.0. The van der Waals surface area contributed by atoms with E-state index < -0.39 is 0 Å². The second-order valence-electron chi connectivity index (χ2n) is 5.48. The van der Waals surface area contributed by atoms with E-state index in [0.29, 0.717) is 19.0 Å². The molecular weight excluding hydrogens is 281 g/mol. The Morgan fingerprint density at radius 3 is 2.64 bits per heavy atom. The van der Waals surface area contributed by atoms with Gasteiger partial charge in [-0.3, -0.25) is 4.90 Å². The van der Waals surface area contributed by atoms with Gasteiger partial charge in [0, 0.05) is 19.6 Å². The minimum atomic E-state index is -0.254. The van der Waals surface area contributed by atoms with Crippen molar-refractivity contribution in [2.24, 2.45) is 0 Å². The fraction of sp³-hybridized carbons (Fsp3) is 0.333. The van der Waals surface area contributed by atoms with E-state index in [1.807, 2.05) is 6.07 Å². The quantitative estimate of drug-likeness (QED) is 0.847. The number of benzene rings is 2. The first-order chi connectivity index (χ1) is 10.8. The zero-order valence-corrected chi connectivity index (χ0v) is 12.5. The standard InChI is InChI=1S/C18H20FNO2/c19-16-6-8-17(9-7-16)22-14-18-13-20(10-11-21-18)12-15-4-2-1-3-5-15/h1-9,18H,10-14H2/t18-/m0/s1. The molecule has 2 aromatic carbocycles. The molecule has 0 bridgehead atoms. The van der Waals surface area contributed by atoms with Gasteiger partial charge in [-0.05, 0) is 29.8 Å². The van der Waals surface area contributed by atoms with Crippen LogP contribution in [0.3, 0.4) is 0 Å². The van der Waals surface area contributed by atoms with Crippen LogP contribution in [0, 0.1) is 5.82 Å². The number of rotatable bonds is 5. The highest BCUT2D eigenvalue weighted by Gasteiger charge is 2.21. The molecular formula is C18H20FNO2. The van der Waals surface area contributed by atoms with Gasteiger partial charge in [0.05, 0.1) is 6.61 Å². The van der Waals surface area contributed by atoms with Gasteiger partial charge >= 0.3 is 0 Å². The fourth-order valence-corrected chi connectivity index (χ4v) is 2.59. The topological polar surface area (TPSA) is 21.7 Å². The highest BCUT2D eigenvalue weighted by molar-refractivity contribution is 5.22. The largest absolute Gasteiger partial charge is 0.491 e. The van der Waals surface area contributed by atoms with Gasteiger partial charge in [-0.15, -0.1) is 0 Å². The molecule has 0 unspecified atom stereocenters. The highest BCUT2D eigenvalue weighted by atomic mass is 19.1. The number of ether oxygens (including phenoxy) is 2. The summed E-state index contributed by atoms with van der Waals surface area (Å²) in [6, 6.07) is 16.5. The number of nitrogens with zero attached hydrogens (tertiary/aromatic N) is 1. The van der Waals surface area contributed by atoms with Crippen LogP contribution in [0.25, 0.3) is 0 Å². The Morgan fingerprint density at radius 2 is 1.86 bits per heavy atom. The summed E-state index contributed by atoms with van der Waals surface area (Å²) in [5, 5.41) is 0. The van der Waals surface area contributed by atoms with Crippen molar-refractivity contribution in [1.82, 2.24) is 4.90 Å². The molecule has 1 atom stereocenters. The summed E-state index contributed by atoms with van der Waals surface area (Å²) in [6.45, 7) is 3.90. The lowest BCUT2D eigenvalue weighted by Crippen LogP contribution is -2.44. The third kappa shape index (κ3) is 4.29. The Morgan fingerprint density at radius 1 is 1.09 bits per heavy atom. The van der Waals surface area contributed by atoms with E-state index in [1.165, 1.54) is 17.7 Å². The lowest BCUT2D eigenvalue weighted by molar-refractivity contribution is -0.0504. The van der Waals surface area contributed by atoms with Crippen molar-refractivity contribution in [2.75, 3.05) is 26.3 Å². The molecule has 3 nitrogen and oxygen atoms in total. The lowest BCUT2D eigenvalue weighted by atomic mass is 10.2. The summed E-state index contributed by atoms with van der Waals surface area (Å²) >= 11 is 0. The van der Waals surface area contributed by atoms with Crippen LogP contribution in [0.5, 0.6) is 5.75 Å². The molecule has 0 aromatic heterocycles. The molecule has 1 aliphatic heterocycles. The third-order valence-electron chi connectivity index (χ3n) is 3.72. The zero-order chi connectivity index (χ0) is 15.2. The van der Waals surface area contributed by atoms with E-state index in [-0.39, 0.29) is 11.9 Å². The first-order valence-electron chi connectivity index (χ1n) is 7.56. The third-order valence-corrected chi connectivity index (χ3v) is 3.72. The molecule has 0 amide bonds. The van der Waals surface area contributed by atoms with E-state index in [1.54, 1.807) is 12.1 Å². The van der Waals surface area contributed by atoms with Crippen molar-refractivity contribution < 1.29 is 13.9 Å². The van der Waals surface area contributed by atoms with Gasteiger partial charge in [0.25, 0.3) is 0 Å². The average Bonchev–Trinajstić information content (AvgIpc) is 2.56. The summed E-state index contributed by atoms with van der Waals surface area (Å²) < 4.78 is 24.3. The predicted octanol–water partition coefficient (Wildman–Crippen LogP) is 3.11. The van der Waals surface area contributed by atoms with Crippen molar-refractivity contribution >= 4 is 0 Å². The predicted molar refractivity (Wildman–Crippen MR) is 83.4 cm³/mol. The Bertz CT molecular complexity index is 573. The van der Waals surface area contributed by atoms with Gasteiger partial charge < -0.3 is 9.47 Å². The lowest BCUT2D eigenvalue weighted by Gasteiger charge is -2.32. The van der Waals surface area contributed by atoms with Crippen LogP contribution >= 0.6 is 0 Å². The van der Waals surface area contributed by atoms with Gasteiger partial charge in [0.1, 0.15) is 24.3 Å². The summed E-state index contributed by atoms with van der Waals surface area (Å²) in [5.41, 5.74) is 1.31. The van der Waals surface area contributed by atoms with E-state index >= 15 is 0 Å². The summed E-state index contributed by atoms with van der Waals surface area (Å²) in [5.74, 6) is 0.417. The summed E-state index contributed by atoms with van der Waals surface area (Å²) in [6.07, 6.45) is 0.0440. The SMILES string of the molecule is Fc1ccc(OC[C@@H]2CN(Cc3ccccc3)CCO2)cc1. The molecule has 0 radical (unpaired) electrons. The van der Waals surface area contributed by atoms with Crippen LogP contribution in [0.2, 0.25) is 0 Å². The monoisotopic (exact) mass is 301 g/mol. The molecule has 1 heterocycles. The average molecular weight is 301 g/mol. The summed E-state index contributed by atoms with van der Waals surface area (Å²) in [7, 11) is 0. The molecule has 4 heteroatoms. The molecule has 0 spiro atoms. The minimum absolute atomic E-state index is 0.0440. The van der Waals surface area contributed by atoms with E-state index in [0.717, 1.165) is 19.6 Å². The smallest absolute Gasteiger partial charge is 0.123 e. The Hall–Kier alpha value is -1.91. The molecule has 2 aromatic rings. The van der Waals surface area contributed by atoms with Crippen LogP contribution in [0.4, 0.5) is 4.39 Å². The van der Waals surface area contributed by atoms with Gasteiger partial charge in [-0.25, -0.2) is 4.39 Å². The fourth-order valence-electron chi connectivity index (χ4n) is 2.59. The van der Waals surface area contributed by atoms with Crippen LogP contribution in [-0.2, 0) is 11.3 Å². The second kappa shape index (κ2) is 7.38. The van der Waals surface area contributed by atoms with Crippen LogP contribution < -0.4 is 4.74 Å². The highest BCUT2D eigenvalue weighted by Crippen LogP contribution is 2.14. The Kier molecular flexibility index (Phi) is 5.03. The van der Waals surface area contributed by atoms with Crippen LogP contribution in [0.15, 0.2) is 54.6 Å². The van der Waals surface area contributed by atoms with Crippen molar-refractivity contribution in [3.05, 3.63) is 66.0 Å². The Labute approximate surface area is 130 Å². The van der Waals surface area contributed by atoms with Gasteiger partial charge in [-0.1, -0.05) is 30.3 Å². The molecule has 0 N–H and O–H groups in total. The maximum absolute atomic E-state index is 12.9. The molecule has 1 fully saturated rings. The van der Waals surface area contributed by atoms with E-state index in [9.17, 15) is 4.39 Å².